The Labute approximate surface area is 143 Å². The Morgan fingerprint density at radius 3 is 2.68 bits per heavy atom. The number of benzene rings is 2. The van der Waals surface area contributed by atoms with Crippen LogP contribution in [0.3, 0.4) is 0 Å². The van der Waals surface area contributed by atoms with E-state index < -0.39 is 23.5 Å². The van der Waals surface area contributed by atoms with Crippen LogP contribution in [0.2, 0.25) is 0 Å². The predicted octanol–water partition coefficient (Wildman–Crippen LogP) is 3.65. The van der Waals surface area contributed by atoms with Crippen molar-refractivity contribution >= 4 is 22.6 Å². The van der Waals surface area contributed by atoms with Crippen LogP contribution in [0.15, 0.2) is 57.7 Å². The second kappa shape index (κ2) is 6.76. The average Bonchev–Trinajstić information content (AvgIpc) is 2.57. The van der Waals surface area contributed by atoms with Crippen molar-refractivity contribution in [3.8, 4) is 5.75 Å². The second-order valence-electron chi connectivity index (χ2n) is 5.67. The van der Waals surface area contributed by atoms with Gasteiger partial charge in [0.15, 0.2) is 6.10 Å². The Morgan fingerprint density at radius 2 is 1.92 bits per heavy atom. The summed E-state index contributed by atoms with van der Waals surface area (Å²) >= 11 is 0. The van der Waals surface area contributed by atoms with Crippen LogP contribution in [-0.4, -0.2) is 12.0 Å². The molecule has 0 radical (unpaired) electrons. The topological polar surface area (TPSA) is 68.5 Å². The summed E-state index contributed by atoms with van der Waals surface area (Å²) in [4.78, 5) is 23.5. The molecule has 1 heterocycles. The molecule has 1 atom stereocenters. The van der Waals surface area contributed by atoms with Crippen LogP contribution in [-0.2, 0) is 4.79 Å². The van der Waals surface area contributed by atoms with Crippen molar-refractivity contribution in [2.45, 2.75) is 20.0 Å². The highest BCUT2D eigenvalue weighted by Gasteiger charge is 2.16. The molecule has 3 rings (SSSR count). The van der Waals surface area contributed by atoms with Gasteiger partial charge in [0, 0.05) is 23.2 Å². The van der Waals surface area contributed by atoms with Crippen LogP contribution < -0.4 is 15.7 Å². The maximum absolute atomic E-state index is 13.5. The molecule has 0 aliphatic rings. The van der Waals surface area contributed by atoms with Crippen LogP contribution in [0, 0.1) is 12.7 Å². The molecule has 5 nitrogen and oxygen atoms in total. The fraction of sp³-hybridized carbons (Fsp3) is 0.158. The first-order chi connectivity index (χ1) is 11.9. The molecule has 1 amide bonds. The van der Waals surface area contributed by atoms with Gasteiger partial charge in [0.25, 0.3) is 5.91 Å². The molecule has 25 heavy (non-hydrogen) atoms. The van der Waals surface area contributed by atoms with E-state index in [1.807, 2.05) is 0 Å². The van der Waals surface area contributed by atoms with E-state index in [0.717, 1.165) is 5.39 Å². The highest BCUT2D eigenvalue weighted by atomic mass is 19.1. The molecule has 1 aromatic heterocycles. The Hall–Kier alpha value is -3.15. The number of nitrogens with one attached hydrogen (secondary N) is 1. The lowest BCUT2D eigenvalue weighted by molar-refractivity contribution is -0.122. The van der Waals surface area contributed by atoms with Gasteiger partial charge in [0.1, 0.15) is 17.1 Å². The van der Waals surface area contributed by atoms with E-state index in [1.54, 1.807) is 50.2 Å². The van der Waals surface area contributed by atoms with Gasteiger partial charge in [0.2, 0.25) is 0 Å². The largest absolute Gasteiger partial charge is 0.481 e. The number of anilines is 1. The maximum atomic E-state index is 13.5. The van der Waals surface area contributed by atoms with Crippen LogP contribution >= 0.6 is 0 Å². The first-order valence-electron chi connectivity index (χ1n) is 7.70. The van der Waals surface area contributed by atoms with Gasteiger partial charge in [-0.1, -0.05) is 6.07 Å². The van der Waals surface area contributed by atoms with Crippen molar-refractivity contribution < 1.29 is 18.3 Å². The standard InChI is InChI=1S/C19H16FNO4/c1-11-3-6-14(9-16(11)20)21-19(23)12(2)24-15-7-4-13-5-8-18(22)25-17(13)10-15/h3-10,12H,1-2H3,(H,21,23)/t12-/m0/s1. The number of carbonyl (C=O) groups excluding carboxylic acids is 1. The fourth-order valence-corrected chi connectivity index (χ4v) is 2.29. The number of hydrogen-bond acceptors (Lipinski definition) is 4. The SMILES string of the molecule is Cc1ccc(NC(=O)[C@H](C)Oc2ccc3ccc(=O)oc3c2)cc1F. The Kier molecular flexibility index (Phi) is 4.52. The zero-order valence-electron chi connectivity index (χ0n) is 13.7. The van der Waals surface area contributed by atoms with E-state index in [9.17, 15) is 14.0 Å². The summed E-state index contributed by atoms with van der Waals surface area (Å²) in [5, 5.41) is 3.35. The molecular weight excluding hydrogens is 325 g/mol. The minimum absolute atomic E-state index is 0.355. The molecule has 0 bridgehead atoms. The van der Waals surface area contributed by atoms with Crippen molar-refractivity contribution in [2.75, 3.05) is 5.32 Å². The summed E-state index contributed by atoms with van der Waals surface area (Å²) in [6.45, 7) is 3.22. The third-order valence-electron chi connectivity index (χ3n) is 3.72. The smallest absolute Gasteiger partial charge is 0.336 e. The van der Waals surface area contributed by atoms with E-state index in [4.69, 9.17) is 9.15 Å². The monoisotopic (exact) mass is 341 g/mol. The molecule has 0 saturated heterocycles. The first-order valence-corrected chi connectivity index (χ1v) is 7.70. The lowest BCUT2D eigenvalue weighted by Crippen LogP contribution is -2.30. The third kappa shape index (κ3) is 3.85. The third-order valence-corrected chi connectivity index (χ3v) is 3.72. The lowest BCUT2D eigenvalue weighted by Gasteiger charge is -2.15. The fourth-order valence-electron chi connectivity index (χ4n) is 2.29. The minimum Gasteiger partial charge on any atom is -0.481 e. The summed E-state index contributed by atoms with van der Waals surface area (Å²) in [5.74, 6) is -0.423. The van der Waals surface area contributed by atoms with Gasteiger partial charge >= 0.3 is 5.63 Å². The van der Waals surface area contributed by atoms with E-state index >= 15 is 0 Å². The van der Waals surface area contributed by atoms with Gasteiger partial charge in [-0.2, -0.15) is 0 Å². The maximum Gasteiger partial charge on any atom is 0.336 e. The molecule has 0 saturated carbocycles. The molecule has 0 aliphatic carbocycles. The van der Waals surface area contributed by atoms with Crippen molar-refractivity contribution in [3.05, 3.63) is 70.3 Å². The molecule has 0 aliphatic heterocycles. The summed E-state index contributed by atoms with van der Waals surface area (Å²) in [6, 6.07) is 12.4. The highest BCUT2D eigenvalue weighted by Crippen LogP contribution is 2.21. The van der Waals surface area contributed by atoms with Crippen molar-refractivity contribution in [1.82, 2.24) is 0 Å². The number of rotatable bonds is 4. The molecule has 128 valence electrons. The molecular formula is C19H16FNO4. The van der Waals surface area contributed by atoms with E-state index in [-0.39, 0.29) is 0 Å². The van der Waals surface area contributed by atoms with Gasteiger partial charge < -0.3 is 14.5 Å². The lowest BCUT2D eigenvalue weighted by atomic mass is 10.2. The number of halogens is 1. The zero-order chi connectivity index (χ0) is 18.0. The van der Waals surface area contributed by atoms with E-state index in [2.05, 4.69) is 5.32 Å². The van der Waals surface area contributed by atoms with E-state index in [0.29, 0.717) is 22.6 Å². The zero-order valence-corrected chi connectivity index (χ0v) is 13.7. The van der Waals surface area contributed by atoms with Crippen LogP contribution in [0.25, 0.3) is 11.0 Å². The van der Waals surface area contributed by atoms with Crippen molar-refractivity contribution in [3.63, 3.8) is 0 Å². The van der Waals surface area contributed by atoms with Gasteiger partial charge in [-0.25, -0.2) is 9.18 Å². The van der Waals surface area contributed by atoms with Gasteiger partial charge in [0.05, 0.1) is 0 Å². The number of carbonyl (C=O) groups is 1. The number of aryl methyl sites for hydroxylation is 1. The normalized spacial score (nSPS) is 12.0. The molecule has 3 aromatic rings. The second-order valence-corrected chi connectivity index (χ2v) is 5.67. The highest BCUT2D eigenvalue weighted by molar-refractivity contribution is 5.94. The van der Waals surface area contributed by atoms with Crippen molar-refractivity contribution in [1.29, 1.82) is 0 Å². The molecule has 0 unspecified atom stereocenters. The Balaban J connectivity index is 1.72. The molecule has 0 fully saturated rings. The predicted molar refractivity (Wildman–Crippen MR) is 92.3 cm³/mol. The Morgan fingerprint density at radius 1 is 1.16 bits per heavy atom. The molecule has 0 spiro atoms. The number of hydrogen-bond donors (Lipinski definition) is 1. The molecule has 2 aromatic carbocycles. The minimum atomic E-state index is -0.822. The molecule has 1 N–H and O–H groups in total. The first kappa shape index (κ1) is 16.7. The Bertz CT molecular complexity index is 996. The van der Waals surface area contributed by atoms with Crippen LogP contribution in [0.4, 0.5) is 10.1 Å². The van der Waals surface area contributed by atoms with Gasteiger partial charge in [-0.15, -0.1) is 0 Å². The van der Waals surface area contributed by atoms with E-state index in [1.165, 1.54) is 12.1 Å². The summed E-state index contributed by atoms with van der Waals surface area (Å²) < 4.78 is 24.2. The number of fused-ring (bicyclic) bond motifs is 1. The number of amides is 1. The number of ether oxygens (including phenoxy) is 1. The summed E-state index contributed by atoms with van der Waals surface area (Å²) in [7, 11) is 0. The average molecular weight is 341 g/mol. The van der Waals surface area contributed by atoms with Crippen LogP contribution in [0.5, 0.6) is 5.75 Å². The summed E-state index contributed by atoms with van der Waals surface area (Å²) in [6.07, 6.45) is -0.822. The van der Waals surface area contributed by atoms with Gasteiger partial charge in [-0.3, -0.25) is 4.79 Å². The molecule has 6 heteroatoms. The summed E-state index contributed by atoms with van der Waals surface area (Å²) in [5.41, 5.74) is 0.767. The quantitative estimate of drug-likeness (QED) is 0.736. The van der Waals surface area contributed by atoms with Gasteiger partial charge in [-0.05, 0) is 49.7 Å². The van der Waals surface area contributed by atoms with Crippen molar-refractivity contribution in [2.24, 2.45) is 0 Å². The van der Waals surface area contributed by atoms with Crippen LogP contribution in [0.1, 0.15) is 12.5 Å².